The zero-order valence-electron chi connectivity index (χ0n) is 12.5. The highest BCUT2D eigenvalue weighted by molar-refractivity contribution is 6.38. The van der Waals surface area contributed by atoms with Gasteiger partial charge in [0.1, 0.15) is 11.5 Å². The summed E-state index contributed by atoms with van der Waals surface area (Å²) in [6, 6.07) is 9.46. The van der Waals surface area contributed by atoms with Crippen molar-refractivity contribution in [2.45, 2.75) is 6.18 Å². The summed E-state index contributed by atoms with van der Waals surface area (Å²) < 4.78 is 42.8. The first-order valence-electron chi connectivity index (χ1n) is 6.77. The van der Waals surface area contributed by atoms with Crippen LogP contribution < -0.4 is 15.8 Å². The fraction of sp³-hybridized carbons (Fsp3) is 0.0625. The lowest BCUT2D eigenvalue weighted by molar-refractivity contribution is -0.137. The Morgan fingerprint density at radius 2 is 1.36 bits per heavy atom. The van der Waals surface area contributed by atoms with Crippen LogP contribution in [0.5, 0.6) is 11.5 Å². The van der Waals surface area contributed by atoms with Crippen LogP contribution in [0.1, 0.15) is 15.9 Å². The highest BCUT2D eigenvalue weighted by Crippen LogP contribution is 2.31. The minimum atomic E-state index is -4.43. The lowest BCUT2D eigenvalue weighted by atomic mass is 10.2. The van der Waals surface area contributed by atoms with Gasteiger partial charge in [-0.3, -0.25) is 19.7 Å². The summed E-state index contributed by atoms with van der Waals surface area (Å²) in [5.41, 5.74) is 3.98. The first-order valence-corrected chi connectivity index (χ1v) is 6.77. The number of carbonyl (C=O) groups is 3. The number of imide groups is 1. The Labute approximate surface area is 139 Å². The van der Waals surface area contributed by atoms with E-state index in [9.17, 15) is 27.6 Å². The average Bonchev–Trinajstić information content (AvgIpc) is 2.55. The first kappa shape index (κ1) is 18.0. The number of benzene rings is 2. The van der Waals surface area contributed by atoms with Crippen LogP contribution >= 0.6 is 0 Å². The number of amides is 3. The number of primary amides is 1. The number of nitrogens with one attached hydrogen (secondary N) is 1. The van der Waals surface area contributed by atoms with Crippen molar-refractivity contribution in [3.05, 3.63) is 59.7 Å². The molecule has 0 aliphatic rings. The molecule has 0 aliphatic carbocycles. The van der Waals surface area contributed by atoms with Crippen LogP contribution in [-0.2, 0) is 15.8 Å². The van der Waals surface area contributed by atoms with Gasteiger partial charge in [0.25, 0.3) is 5.91 Å². The van der Waals surface area contributed by atoms with E-state index in [1.54, 1.807) is 5.32 Å². The van der Waals surface area contributed by atoms with Gasteiger partial charge in [0, 0.05) is 5.56 Å². The molecule has 0 spiro atoms. The van der Waals surface area contributed by atoms with E-state index >= 15 is 0 Å². The number of hydrogen-bond donors (Lipinski definition) is 2. The fourth-order valence-electron chi connectivity index (χ4n) is 1.76. The van der Waals surface area contributed by atoms with E-state index in [1.165, 1.54) is 24.3 Å². The first-order chi connectivity index (χ1) is 11.7. The van der Waals surface area contributed by atoms with Crippen LogP contribution in [0.4, 0.5) is 13.2 Å². The average molecular weight is 352 g/mol. The second-order valence-electron chi connectivity index (χ2n) is 4.80. The largest absolute Gasteiger partial charge is 0.457 e. The normalized spacial score (nSPS) is 10.8. The Hall–Kier alpha value is -3.36. The monoisotopic (exact) mass is 352 g/mol. The van der Waals surface area contributed by atoms with Crippen LogP contribution in [0.2, 0.25) is 0 Å². The van der Waals surface area contributed by atoms with Crippen molar-refractivity contribution in [2.75, 3.05) is 0 Å². The molecule has 0 unspecified atom stereocenters. The second-order valence-corrected chi connectivity index (χ2v) is 4.80. The number of rotatable bonds is 3. The zero-order chi connectivity index (χ0) is 18.6. The van der Waals surface area contributed by atoms with Gasteiger partial charge in [-0.2, -0.15) is 13.2 Å². The van der Waals surface area contributed by atoms with Crippen molar-refractivity contribution in [3.63, 3.8) is 0 Å². The van der Waals surface area contributed by atoms with E-state index in [0.717, 1.165) is 24.3 Å². The Balaban J connectivity index is 2.04. The summed E-state index contributed by atoms with van der Waals surface area (Å²) in [6.07, 6.45) is -4.43. The van der Waals surface area contributed by atoms with Crippen LogP contribution in [0, 0.1) is 0 Å². The third kappa shape index (κ3) is 4.80. The van der Waals surface area contributed by atoms with Gasteiger partial charge in [0.05, 0.1) is 5.56 Å². The minimum absolute atomic E-state index is 0.0642. The molecule has 0 bridgehead atoms. The van der Waals surface area contributed by atoms with Crippen molar-refractivity contribution in [3.8, 4) is 11.5 Å². The molecular formula is C16H11F3N2O4. The molecule has 6 nitrogen and oxygen atoms in total. The van der Waals surface area contributed by atoms with Gasteiger partial charge in [-0.1, -0.05) is 0 Å². The number of nitrogens with two attached hydrogens (primary N) is 1. The van der Waals surface area contributed by atoms with Crippen LogP contribution in [0.25, 0.3) is 0 Å². The van der Waals surface area contributed by atoms with Gasteiger partial charge < -0.3 is 10.5 Å². The number of halogens is 3. The standard InChI is InChI=1S/C16H11F3N2O4/c17-16(18,19)10-3-7-12(8-4-10)25-11-5-1-9(2-6-11)14(23)21-15(24)13(20)22/h1-8H,(H2,20,22)(H,21,23,24). The number of alkyl halides is 3. The Kier molecular flexibility index (Phi) is 5.06. The van der Waals surface area contributed by atoms with E-state index in [1.807, 2.05) is 0 Å². The third-order valence-electron chi connectivity index (χ3n) is 2.98. The molecule has 9 heteroatoms. The summed E-state index contributed by atoms with van der Waals surface area (Å²) in [5.74, 6) is -2.93. The smallest absolute Gasteiger partial charge is 0.416 e. The van der Waals surface area contributed by atoms with Crippen molar-refractivity contribution < 1.29 is 32.3 Å². The number of ether oxygens (including phenoxy) is 1. The predicted molar refractivity (Wildman–Crippen MR) is 79.6 cm³/mol. The Morgan fingerprint density at radius 1 is 0.880 bits per heavy atom. The summed E-state index contributed by atoms with van der Waals surface area (Å²) in [5, 5.41) is 1.79. The molecule has 0 aromatic heterocycles. The molecule has 25 heavy (non-hydrogen) atoms. The molecule has 3 N–H and O–H groups in total. The molecular weight excluding hydrogens is 341 g/mol. The van der Waals surface area contributed by atoms with Crippen LogP contribution in [0.15, 0.2) is 48.5 Å². The molecule has 0 aliphatic heterocycles. The second kappa shape index (κ2) is 7.04. The maximum atomic E-state index is 12.5. The van der Waals surface area contributed by atoms with Crippen molar-refractivity contribution in [1.29, 1.82) is 0 Å². The molecule has 0 radical (unpaired) electrons. The SMILES string of the molecule is NC(=O)C(=O)NC(=O)c1ccc(Oc2ccc(C(F)(F)F)cc2)cc1. The van der Waals surface area contributed by atoms with Gasteiger partial charge in [-0.25, -0.2) is 0 Å². The van der Waals surface area contributed by atoms with Crippen LogP contribution in [0.3, 0.4) is 0 Å². The molecule has 0 fully saturated rings. The predicted octanol–water partition coefficient (Wildman–Crippen LogP) is 2.24. The molecule has 2 aromatic rings. The summed E-state index contributed by atoms with van der Waals surface area (Å²) >= 11 is 0. The highest BCUT2D eigenvalue weighted by Gasteiger charge is 2.30. The molecule has 0 atom stereocenters. The van der Waals surface area contributed by atoms with Crippen molar-refractivity contribution >= 4 is 17.7 Å². The lowest BCUT2D eigenvalue weighted by Gasteiger charge is -2.09. The highest BCUT2D eigenvalue weighted by atomic mass is 19.4. The number of carbonyl (C=O) groups excluding carboxylic acids is 3. The molecule has 2 aromatic carbocycles. The summed E-state index contributed by atoms with van der Waals surface area (Å²) in [7, 11) is 0. The molecule has 0 heterocycles. The van der Waals surface area contributed by atoms with Crippen molar-refractivity contribution in [1.82, 2.24) is 5.32 Å². The van der Waals surface area contributed by atoms with E-state index in [2.05, 4.69) is 0 Å². The van der Waals surface area contributed by atoms with Crippen molar-refractivity contribution in [2.24, 2.45) is 5.73 Å². The van der Waals surface area contributed by atoms with E-state index in [4.69, 9.17) is 10.5 Å². The Morgan fingerprint density at radius 3 is 1.80 bits per heavy atom. The summed E-state index contributed by atoms with van der Waals surface area (Å²) in [6.45, 7) is 0. The van der Waals surface area contributed by atoms with Gasteiger partial charge in [-0.05, 0) is 48.5 Å². The molecule has 130 valence electrons. The quantitative estimate of drug-likeness (QED) is 0.828. The van der Waals surface area contributed by atoms with E-state index in [-0.39, 0.29) is 17.1 Å². The lowest BCUT2D eigenvalue weighted by Crippen LogP contribution is -2.39. The third-order valence-corrected chi connectivity index (χ3v) is 2.98. The zero-order valence-corrected chi connectivity index (χ0v) is 12.5. The van der Waals surface area contributed by atoms with Gasteiger partial charge in [0.2, 0.25) is 0 Å². The molecule has 2 rings (SSSR count). The molecule has 3 amide bonds. The molecule has 0 saturated carbocycles. The maximum absolute atomic E-state index is 12.5. The number of hydrogen-bond acceptors (Lipinski definition) is 4. The van der Waals surface area contributed by atoms with E-state index < -0.39 is 29.5 Å². The minimum Gasteiger partial charge on any atom is -0.457 e. The van der Waals surface area contributed by atoms with Gasteiger partial charge in [-0.15, -0.1) is 0 Å². The maximum Gasteiger partial charge on any atom is 0.416 e. The van der Waals surface area contributed by atoms with E-state index in [0.29, 0.717) is 0 Å². The Bertz CT molecular complexity index is 800. The summed E-state index contributed by atoms with van der Waals surface area (Å²) in [4.78, 5) is 33.3. The fourth-order valence-corrected chi connectivity index (χ4v) is 1.76. The molecule has 0 saturated heterocycles. The van der Waals surface area contributed by atoms with Crippen LogP contribution in [-0.4, -0.2) is 17.7 Å². The topological polar surface area (TPSA) is 98.5 Å². The van der Waals surface area contributed by atoms with Gasteiger partial charge >= 0.3 is 18.0 Å². The van der Waals surface area contributed by atoms with Gasteiger partial charge in [0.15, 0.2) is 0 Å².